The Bertz CT molecular complexity index is 1150. The van der Waals surface area contributed by atoms with E-state index in [1.54, 1.807) is 6.20 Å². The molecule has 3 aliphatic rings. The molecule has 2 atom stereocenters. The number of hydrogen-bond acceptors (Lipinski definition) is 4. The van der Waals surface area contributed by atoms with E-state index >= 15 is 0 Å². The van der Waals surface area contributed by atoms with E-state index in [4.69, 9.17) is 16.6 Å². The Morgan fingerprint density at radius 1 is 1.09 bits per heavy atom. The van der Waals surface area contributed by atoms with Gasteiger partial charge >= 0.3 is 0 Å². The van der Waals surface area contributed by atoms with Gasteiger partial charge in [0.25, 0.3) is 0 Å². The Morgan fingerprint density at radius 3 is 2.73 bits per heavy atom. The topological polar surface area (TPSA) is 53.7 Å². The largest absolute Gasteiger partial charge is 0.338 e. The minimum atomic E-state index is 0.264. The van der Waals surface area contributed by atoms with Gasteiger partial charge in [0.2, 0.25) is 11.7 Å². The maximum atomic E-state index is 13.2. The lowest BCUT2D eigenvalue weighted by Crippen LogP contribution is -2.46. The molecule has 2 bridgehead atoms. The van der Waals surface area contributed by atoms with Gasteiger partial charge in [0.05, 0.1) is 11.4 Å². The lowest BCUT2D eigenvalue weighted by molar-refractivity contribution is -0.136. The predicted molar refractivity (Wildman–Crippen MR) is 129 cm³/mol. The number of carbonyl (C=O) groups excluding carboxylic acids is 1. The maximum Gasteiger partial charge on any atom is 0.234 e. The summed E-state index contributed by atoms with van der Waals surface area (Å²) in [5.41, 5.74) is 3.15. The molecule has 2 unspecified atom stereocenters. The third-order valence-electron chi connectivity index (χ3n) is 7.80. The van der Waals surface area contributed by atoms with Crippen molar-refractivity contribution in [2.24, 2.45) is 11.8 Å². The molecule has 7 heteroatoms. The van der Waals surface area contributed by atoms with Crippen LogP contribution < -0.4 is 0 Å². The summed E-state index contributed by atoms with van der Waals surface area (Å²) in [6.45, 7) is 3.74. The van der Waals surface area contributed by atoms with Crippen molar-refractivity contribution >= 4 is 23.3 Å². The average molecular weight is 464 g/mol. The first kappa shape index (κ1) is 21.1. The summed E-state index contributed by atoms with van der Waals surface area (Å²) in [5, 5.41) is 0.720. The molecule has 6 nitrogen and oxygen atoms in total. The summed E-state index contributed by atoms with van der Waals surface area (Å²) in [5.74, 6) is 2.03. The molecule has 2 aliphatic heterocycles. The predicted octanol–water partition coefficient (Wildman–Crippen LogP) is 4.66. The van der Waals surface area contributed by atoms with E-state index in [-0.39, 0.29) is 5.92 Å². The SMILES string of the molecule is O=C(C1CCCC1)N1CC2CCN(Cc3c(-c4ccc(Cl)cc4)nc4ncccn34)CC1C2. The van der Waals surface area contributed by atoms with Crippen molar-refractivity contribution in [3.63, 3.8) is 0 Å². The lowest BCUT2D eigenvalue weighted by Gasteiger charge is -2.33. The van der Waals surface area contributed by atoms with Crippen molar-refractivity contribution in [1.82, 2.24) is 24.2 Å². The zero-order chi connectivity index (χ0) is 22.4. The molecule has 1 amide bonds. The van der Waals surface area contributed by atoms with E-state index in [9.17, 15) is 4.79 Å². The molecular formula is C26H30ClN5O. The van der Waals surface area contributed by atoms with Crippen LogP contribution in [0.2, 0.25) is 5.02 Å². The second-order valence-electron chi connectivity index (χ2n) is 9.96. The van der Waals surface area contributed by atoms with Crippen molar-refractivity contribution in [3.05, 3.63) is 53.4 Å². The molecule has 1 saturated carbocycles. The number of carbonyl (C=O) groups is 1. The van der Waals surface area contributed by atoms with Gasteiger partial charge < -0.3 is 4.90 Å². The Labute approximate surface area is 199 Å². The Hall–Kier alpha value is -2.44. The molecule has 3 aromatic rings. The molecular weight excluding hydrogens is 434 g/mol. The van der Waals surface area contributed by atoms with Gasteiger partial charge in [-0.3, -0.25) is 14.1 Å². The molecule has 0 spiro atoms. The van der Waals surface area contributed by atoms with Crippen molar-refractivity contribution in [3.8, 4) is 11.3 Å². The van der Waals surface area contributed by atoms with Gasteiger partial charge in [-0.25, -0.2) is 9.97 Å². The van der Waals surface area contributed by atoms with Gasteiger partial charge in [0.1, 0.15) is 0 Å². The van der Waals surface area contributed by atoms with Crippen LogP contribution in [-0.4, -0.2) is 55.8 Å². The number of likely N-dealkylation sites (tertiary alicyclic amines) is 2. The fourth-order valence-corrected chi connectivity index (χ4v) is 6.23. The van der Waals surface area contributed by atoms with Crippen LogP contribution in [-0.2, 0) is 11.3 Å². The number of rotatable bonds is 4. The van der Waals surface area contributed by atoms with Crippen LogP contribution in [0.25, 0.3) is 17.0 Å². The zero-order valence-corrected chi connectivity index (χ0v) is 19.6. The molecule has 4 heterocycles. The Kier molecular flexibility index (Phi) is 5.59. The van der Waals surface area contributed by atoms with Gasteiger partial charge in [0.15, 0.2) is 0 Å². The first-order valence-electron chi connectivity index (χ1n) is 12.3. The average Bonchev–Trinajstić information content (AvgIpc) is 3.53. The minimum Gasteiger partial charge on any atom is -0.338 e. The number of nitrogens with zero attached hydrogens (tertiary/aromatic N) is 5. The van der Waals surface area contributed by atoms with Crippen molar-refractivity contribution in [2.45, 2.75) is 51.1 Å². The van der Waals surface area contributed by atoms with Crippen LogP contribution in [0, 0.1) is 11.8 Å². The van der Waals surface area contributed by atoms with Crippen LogP contribution in [0.4, 0.5) is 0 Å². The van der Waals surface area contributed by atoms with E-state index in [2.05, 4.69) is 19.2 Å². The zero-order valence-electron chi connectivity index (χ0n) is 18.9. The van der Waals surface area contributed by atoms with Crippen molar-refractivity contribution in [2.75, 3.05) is 19.6 Å². The van der Waals surface area contributed by atoms with E-state index in [1.807, 2.05) is 36.5 Å². The molecule has 6 rings (SSSR count). The van der Waals surface area contributed by atoms with Crippen LogP contribution in [0.1, 0.15) is 44.2 Å². The fourth-order valence-electron chi connectivity index (χ4n) is 6.11. The number of halogens is 1. The number of imidazole rings is 1. The first-order valence-corrected chi connectivity index (χ1v) is 12.6. The summed E-state index contributed by atoms with van der Waals surface area (Å²) >= 11 is 6.14. The molecule has 33 heavy (non-hydrogen) atoms. The smallest absolute Gasteiger partial charge is 0.234 e. The van der Waals surface area contributed by atoms with Crippen LogP contribution in [0.3, 0.4) is 0 Å². The summed E-state index contributed by atoms with van der Waals surface area (Å²) < 4.78 is 2.11. The molecule has 0 N–H and O–H groups in total. The number of aromatic nitrogens is 3. The van der Waals surface area contributed by atoms with E-state index in [0.717, 1.165) is 73.8 Å². The molecule has 1 aliphatic carbocycles. The highest BCUT2D eigenvalue weighted by Gasteiger charge is 2.41. The number of amides is 1. The molecule has 1 aromatic carbocycles. The van der Waals surface area contributed by atoms with Gasteiger partial charge in [-0.05, 0) is 56.3 Å². The van der Waals surface area contributed by atoms with E-state index in [0.29, 0.717) is 23.6 Å². The third kappa shape index (κ3) is 4.04. The van der Waals surface area contributed by atoms with Gasteiger partial charge in [0, 0.05) is 54.6 Å². The number of benzene rings is 1. The van der Waals surface area contributed by atoms with Crippen LogP contribution in [0.15, 0.2) is 42.7 Å². The summed E-state index contributed by atoms with van der Waals surface area (Å²) in [6, 6.07) is 10.2. The highest BCUT2D eigenvalue weighted by molar-refractivity contribution is 6.30. The molecule has 2 aromatic heterocycles. The van der Waals surface area contributed by atoms with Gasteiger partial charge in [-0.15, -0.1) is 0 Å². The summed E-state index contributed by atoms with van der Waals surface area (Å²) in [4.78, 5) is 27.4. The lowest BCUT2D eigenvalue weighted by atomic mass is 10.0. The Balaban J connectivity index is 1.28. The molecule has 2 saturated heterocycles. The number of hydrogen-bond donors (Lipinski definition) is 0. The van der Waals surface area contributed by atoms with E-state index < -0.39 is 0 Å². The van der Waals surface area contributed by atoms with Gasteiger partial charge in [-0.1, -0.05) is 36.6 Å². The summed E-state index contributed by atoms with van der Waals surface area (Å²) in [6.07, 6.45) is 10.7. The minimum absolute atomic E-state index is 0.264. The molecule has 0 radical (unpaired) electrons. The fraction of sp³-hybridized carbons (Fsp3) is 0.500. The molecule has 3 fully saturated rings. The standard InChI is InChI=1S/C26H30ClN5O/c27-21-8-6-19(7-9-21)24-23(31-12-3-11-28-26(31)29-24)17-30-13-10-18-14-22(16-30)32(15-18)25(33)20-4-1-2-5-20/h3,6-9,11-12,18,20,22H,1-2,4-5,10,13-17H2. The summed E-state index contributed by atoms with van der Waals surface area (Å²) in [7, 11) is 0. The van der Waals surface area contributed by atoms with Crippen LogP contribution in [0.5, 0.6) is 0 Å². The highest BCUT2D eigenvalue weighted by atomic mass is 35.5. The highest BCUT2D eigenvalue weighted by Crippen LogP contribution is 2.35. The normalized spacial score (nSPS) is 24.0. The second kappa shape index (κ2) is 8.73. The maximum absolute atomic E-state index is 13.2. The van der Waals surface area contributed by atoms with E-state index in [1.165, 1.54) is 12.8 Å². The number of fused-ring (bicyclic) bond motifs is 3. The monoisotopic (exact) mass is 463 g/mol. The van der Waals surface area contributed by atoms with Gasteiger partial charge in [-0.2, -0.15) is 0 Å². The van der Waals surface area contributed by atoms with Crippen LogP contribution >= 0.6 is 11.6 Å². The van der Waals surface area contributed by atoms with Crippen molar-refractivity contribution < 1.29 is 4.79 Å². The third-order valence-corrected chi connectivity index (χ3v) is 8.06. The first-order chi connectivity index (χ1) is 16.2. The second-order valence-corrected chi connectivity index (χ2v) is 10.4. The molecule has 172 valence electrons. The quantitative estimate of drug-likeness (QED) is 0.564. The van der Waals surface area contributed by atoms with Crippen molar-refractivity contribution in [1.29, 1.82) is 0 Å². The Morgan fingerprint density at radius 2 is 1.91 bits per heavy atom.